The molecule has 9 heteroatoms. The molecule has 1 aromatic carbocycles. The molecule has 0 amide bonds. The smallest absolute Gasteiger partial charge is 0.192 e. The van der Waals surface area contributed by atoms with Crippen LogP contribution in [0.5, 0.6) is 5.75 Å². The lowest BCUT2D eigenvalue weighted by Gasteiger charge is -2.24. The van der Waals surface area contributed by atoms with Gasteiger partial charge in [-0.1, -0.05) is 19.1 Å². The number of nitrogens with zero attached hydrogens (tertiary/aromatic N) is 5. The van der Waals surface area contributed by atoms with E-state index < -0.39 is 0 Å². The van der Waals surface area contributed by atoms with Crippen molar-refractivity contribution in [2.75, 3.05) is 19.6 Å². The molecule has 8 nitrogen and oxygen atoms in total. The second kappa shape index (κ2) is 13.1. The van der Waals surface area contributed by atoms with Gasteiger partial charge in [-0.3, -0.25) is 4.90 Å². The molecule has 1 aliphatic rings. The average Bonchev–Trinajstić information content (AvgIpc) is 3.34. The maximum absolute atomic E-state index is 6.04. The normalized spacial score (nSPS) is 16.7. The third kappa shape index (κ3) is 7.84. The molecule has 1 aliphatic heterocycles. The largest absolute Gasteiger partial charge is 0.491 e. The van der Waals surface area contributed by atoms with Crippen LogP contribution in [0.3, 0.4) is 0 Å². The van der Waals surface area contributed by atoms with Gasteiger partial charge >= 0.3 is 0 Å². The second-order valence-electron chi connectivity index (χ2n) is 8.82. The van der Waals surface area contributed by atoms with E-state index in [9.17, 15) is 0 Å². The third-order valence-corrected chi connectivity index (χ3v) is 6.00. The van der Waals surface area contributed by atoms with Crippen LogP contribution in [0.1, 0.15) is 56.4 Å². The highest BCUT2D eigenvalue weighted by atomic mass is 127. The Morgan fingerprint density at radius 3 is 2.70 bits per heavy atom. The molecule has 1 atom stereocenters. The fourth-order valence-electron chi connectivity index (χ4n) is 4.02. The van der Waals surface area contributed by atoms with Gasteiger partial charge in [0.1, 0.15) is 11.6 Å². The number of ether oxygens (including phenoxy) is 1. The monoisotopic (exact) mass is 569 g/mol. The number of hydrogen-bond acceptors (Lipinski definition) is 5. The topological polar surface area (TPSA) is 79.6 Å². The minimum absolute atomic E-state index is 0. The Morgan fingerprint density at radius 1 is 1.24 bits per heavy atom. The number of nitrogens with one attached hydrogen (secondary N) is 2. The van der Waals surface area contributed by atoms with Gasteiger partial charge in [-0.25, -0.2) is 4.99 Å². The van der Waals surface area contributed by atoms with Crippen molar-refractivity contribution in [3.8, 4) is 5.75 Å². The Hall–Kier alpha value is -1.88. The molecule has 1 saturated heterocycles. The summed E-state index contributed by atoms with van der Waals surface area (Å²) in [4.78, 5) is 7.43. The lowest BCUT2D eigenvalue weighted by molar-refractivity contribution is 0.240. The highest BCUT2D eigenvalue weighted by Crippen LogP contribution is 2.22. The predicted molar refractivity (Wildman–Crippen MR) is 144 cm³/mol. The van der Waals surface area contributed by atoms with E-state index >= 15 is 0 Å². The number of halogens is 1. The number of guanidine groups is 1. The molecule has 2 N–H and O–H groups in total. The molecule has 2 heterocycles. The summed E-state index contributed by atoms with van der Waals surface area (Å²) in [6.45, 7) is 14.6. The van der Waals surface area contributed by atoms with Crippen LogP contribution in [-0.4, -0.2) is 57.4 Å². The summed E-state index contributed by atoms with van der Waals surface area (Å²) in [5, 5.41) is 15.4. The van der Waals surface area contributed by atoms with Gasteiger partial charge < -0.3 is 19.9 Å². The second-order valence-corrected chi connectivity index (χ2v) is 8.82. The molecule has 2 aromatic rings. The van der Waals surface area contributed by atoms with Crippen LogP contribution in [-0.2, 0) is 20.1 Å². The van der Waals surface area contributed by atoms with E-state index in [1.54, 1.807) is 0 Å². The van der Waals surface area contributed by atoms with Crippen LogP contribution in [0.25, 0.3) is 0 Å². The maximum Gasteiger partial charge on any atom is 0.192 e. The van der Waals surface area contributed by atoms with Crippen molar-refractivity contribution >= 4 is 29.9 Å². The zero-order valence-electron chi connectivity index (χ0n) is 20.9. The van der Waals surface area contributed by atoms with Crippen LogP contribution < -0.4 is 15.4 Å². The molecule has 3 rings (SSSR count). The van der Waals surface area contributed by atoms with E-state index in [0.717, 1.165) is 42.0 Å². The van der Waals surface area contributed by atoms with Crippen molar-refractivity contribution in [1.82, 2.24) is 30.3 Å². The predicted octanol–water partition coefficient (Wildman–Crippen LogP) is 3.56. The highest BCUT2D eigenvalue weighted by Gasteiger charge is 2.23. The Kier molecular flexibility index (Phi) is 10.9. The van der Waals surface area contributed by atoms with E-state index in [-0.39, 0.29) is 30.1 Å². The van der Waals surface area contributed by atoms with E-state index in [0.29, 0.717) is 19.1 Å². The molecule has 0 radical (unpaired) electrons. The summed E-state index contributed by atoms with van der Waals surface area (Å²) >= 11 is 0. The number of hydrogen-bond donors (Lipinski definition) is 2. The Balaban J connectivity index is 0.00000385. The van der Waals surface area contributed by atoms with Crippen molar-refractivity contribution in [2.45, 2.75) is 72.7 Å². The lowest BCUT2D eigenvalue weighted by atomic mass is 10.1. The average molecular weight is 570 g/mol. The van der Waals surface area contributed by atoms with Crippen LogP contribution in [0.15, 0.2) is 23.2 Å². The van der Waals surface area contributed by atoms with E-state index in [2.05, 4.69) is 57.8 Å². The van der Waals surface area contributed by atoms with E-state index in [1.165, 1.54) is 24.9 Å². The fourth-order valence-corrected chi connectivity index (χ4v) is 4.02. The molecule has 1 unspecified atom stereocenters. The quantitative estimate of drug-likeness (QED) is 0.273. The summed E-state index contributed by atoms with van der Waals surface area (Å²) < 4.78 is 8.03. The summed E-state index contributed by atoms with van der Waals surface area (Å²) in [5.41, 5.74) is 2.26. The van der Waals surface area contributed by atoms with Gasteiger partial charge in [0.25, 0.3) is 0 Å². The number of aliphatic imine (C=N–C) groups is 1. The zero-order valence-corrected chi connectivity index (χ0v) is 23.2. The van der Waals surface area contributed by atoms with E-state index in [4.69, 9.17) is 9.73 Å². The van der Waals surface area contributed by atoms with Gasteiger partial charge in [-0.2, -0.15) is 0 Å². The number of likely N-dealkylation sites (tertiary alicyclic amines) is 1. The molecule has 33 heavy (non-hydrogen) atoms. The summed E-state index contributed by atoms with van der Waals surface area (Å²) in [6.07, 6.45) is 2.61. The van der Waals surface area contributed by atoms with Crippen LogP contribution >= 0.6 is 24.0 Å². The summed E-state index contributed by atoms with van der Waals surface area (Å²) in [6, 6.07) is 6.85. The van der Waals surface area contributed by atoms with Crippen LogP contribution in [0.2, 0.25) is 0 Å². The first-order chi connectivity index (χ1) is 15.4. The first kappa shape index (κ1) is 27.4. The zero-order chi connectivity index (χ0) is 23.1. The Labute approximate surface area is 215 Å². The molecule has 184 valence electrons. The first-order valence-electron chi connectivity index (χ1n) is 11.7. The van der Waals surface area contributed by atoms with Gasteiger partial charge in [0.05, 0.1) is 19.2 Å². The minimum Gasteiger partial charge on any atom is -0.491 e. The summed E-state index contributed by atoms with van der Waals surface area (Å²) in [5.74, 6) is 3.46. The third-order valence-electron chi connectivity index (χ3n) is 6.00. The minimum atomic E-state index is 0. The number of likely N-dealkylation sites (N-methyl/N-ethyl adjacent to an activating group) is 1. The fraction of sp³-hybridized carbons (Fsp3) is 0.625. The molecule has 0 aliphatic carbocycles. The number of aryl methyl sites for hydroxylation is 2. The molecule has 0 saturated carbocycles. The molecule has 0 spiro atoms. The number of aromatic nitrogens is 3. The van der Waals surface area contributed by atoms with Crippen molar-refractivity contribution in [2.24, 2.45) is 12.0 Å². The van der Waals surface area contributed by atoms with Gasteiger partial charge in [-0.05, 0) is 65.3 Å². The number of rotatable bonds is 9. The molecular weight excluding hydrogens is 529 g/mol. The van der Waals surface area contributed by atoms with Crippen molar-refractivity contribution in [3.63, 3.8) is 0 Å². The molecule has 1 aromatic heterocycles. The number of benzene rings is 1. The summed E-state index contributed by atoms with van der Waals surface area (Å²) in [7, 11) is 1.98. The van der Waals surface area contributed by atoms with Crippen molar-refractivity contribution in [3.05, 3.63) is 41.0 Å². The van der Waals surface area contributed by atoms with Crippen molar-refractivity contribution < 1.29 is 4.74 Å². The Morgan fingerprint density at radius 2 is 2.03 bits per heavy atom. The highest BCUT2D eigenvalue weighted by molar-refractivity contribution is 14.0. The van der Waals surface area contributed by atoms with Crippen LogP contribution in [0.4, 0.5) is 0 Å². The standard InChI is InChI=1S/C24H39N7O.HI/c1-7-31-12-8-9-21(31)15-26-24(27-16-23-29-28-19(5)30(23)6)25-14-20-11-10-18(4)13-22(20)32-17(2)3;/h10-11,13,17,21H,7-9,12,14-16H2,1-6H3,(H2,25,26,27);1H. The molecular formula is C24H40IN7O. The van der Waals surface area contributed by atoms with Gasteiger partial charge in [0.2, 0.25) is 0 Å². The van der Waals surface area contributed by atoms with Gasteiger partial charge in [0, 0.05) is 25.2 Å². The SMILES string of the molecule is CCN1CCCC1CNC(=NCc1ccc(C)cc1OC(C)C)NCc1nnc(C)n1C.I. The van der Waals surface area contributed by atoms with Gasteiger partial charge in [-0.15, -0.1) is 34.2 Å². The first-order valence-corrected chi connectivity index (χ1v) is 11.7. The lowest BCUT2D eigenvalue weighted by Crippen LogP contribution is -2.44. The van der Waals surface area contributed by atoms with E-state index in [1.807, 2.05) is 32.4 Å². The van der Waals surface area contributed by atoms with Gasteiger partial charge in [0.15, 0.2) is 11.8 Å². The molecule has 1 fully saturated rings. The Bertz CT molecular complexity index is 912. The van der Waals surface area contributed by atoms with Crippen LogP contribution in [0, 0.1) is 13.8 Å². The maximum atomic E-state index is 6.04. The van der Waals surface area contributed by atoms with Crippen molar-refractivity contribution in [1.29, 1.82) is 0 Å². The molecule has 0 bridgehead atoms.